The summed E-state index contributed by atoms with van der Waals surface area (Å²) in [5, 5.41) is 23.9. The van der Waals surface area contributed by atoms with Crippen LogP contribution in [0.3, 0.4) is 0 Å². The van der Waals surface area contributed by atoms with Crippen LogP contribution in [-0.4, -0.2) is 105 Å². The molecule has 0 aromatic heterocycles. The zero-order valence-corrected chi connectivity index (χ0v) is 26.8. The third-order valence-electron chi connectivity index (χ3n) is 9.67. The number of carbonyl (C=O) groups excluding carboxylic acids is 4. The van der Waals surface area contributed by atoms with Gasteiger partial charge >= 0.3 is 6.09 Å². The van der Waals surface area contributed by atoms with Gasteiger partial charge in [-0.15, -0.1) is 0 Å². The van der Waals surface area contributed by atoms with Crippen LogP contribution < -0.4 is 26.0 Å². The van der Waals surface area contributed by atoms with Crippen molar-refractivity contribution in [2.75, 3.05) is 26.3 Å². The average molecular weight is 697 g/mol. The van der Waals surface area contributed by atoms with E-state index in [9.17, 15) is 24.3 Å². The van der Waals surface area contributed by atoms with Gasteiger partial charge in [-0.2, -0.15) is 0 Å². The number of nitrogens with one attached hydrogen (secondary N) is 4. The summed E-state index contributed by atoms with van der Waals surface area (Å²) in [4.78, 5) is 59.2. The first kappa shape index (κ1) is 31.2. The Morgan fingerprint density at radius 2 is 1.93 bits per heavy atom. The van der Waals surface area contributed by atoms with E-state index in [-0.39, 0.29) is 49.1 Å². The summed E-state index contributed by atoms with van der Waals surface area (Å²) < 4.78 is 9.18. The summed E-state index contributed by atoms with van der Waals surface area (Å²) in [6.45, 7) is 3.80. The van der Waals surface area contributed by atoms with E-state index in [1.807, 2.05) is 12.1 Å². The van der Waals surface area contributed by atoms with E-state index in [0.717, 1.165) is 29.7 Å². The number of likely N-dealkylation sites (tertiary alicyclic amines) is 1. The molecule has 1 saturated carbocycles. The first-order valence-electron chi connectivity index (χ1n) is 15.0. The number of ether oxygens (including phenoxy) is 2. The minimum Gasteiger partial charge on any atom is -0.492 e. The molecule has 7 rings (SSSR count). The number of nitrogens with zero attached hydrogens (tertiary/aromatic N) is 3. The lowest BCUT2D eigenvalue weighted by molar-refractivity contribution is -0.139. The van der Waals surface area contributed by atoms with Crippen LogP contribution in [0.4, 0.5) is 4.79 Å². The fourth-order valence-corrected chi connectivity index (χ4v) is 7.52. The Kier molecular flexibility index (Phi) is 7.50. The molecule has 4 fully saturated rings. The zero-order valence-electron chi connectivity index (χ0n) is 24.5. The first-order valence-corrected chi connectivity index (χ1v) is 16.1. The highest BCUT2D eigenvalue weighted by Gasteiger charge is 2.66. The molecular formula is C29H32Cl3N7O7. The number of halogens is 3. The van der Waals surface area contributed by atoms with Crippen molar-refractivity contribution in [3.63, 3.8) is 0 Å². The number of aliphatic hydroxyl groups excluding tert-OH is 1. The largest absolute Gasteiger partial charge is 0.492 e. The molecule has 1 aromatic carbocycles. The molecule has 2 spiro atoms. The minimum absolute atomic E-state index is 0.0109. The molecule has 1 aliphatic carbocycles. The van der Waals surface area contributed by atoms with E-state index in [1.54, 1.807) is 11.0 Å². The van der Waals surface area contributed by atoms with E-state index in [1.165, 1.54) is 0 Å². The van der Waals surface area contributed by atoms with E-state index >= 15 is 0 Å². The molecule has 0 bridgehead atoms. The molecule has 14 nitrogen and oxygen atoms in total. The first-order chi connectivity index (χ1) is 21.8. The molecule has 46 heavy (non-hydrogen) atoms. The van der Waals surface area contributed by atoms with Gasteiger partial charge in [0.1, 0.15) is 18.5 Å². The normalized spacial score (nSPS) is 30.4. The van der Waals surface area contributed by atoms with Crippen molar-refractivity contribution in [1.82, 2.24) is 31.1 Å². The summed E-state index contributed by atoms with van der Waals surface area (Å²) in [6.07, 6.45) is 0.852. The number of hydrogen-bond acceptors (Lipinski definition) is 11. The second-order valence-corrected chi connectivity index (χ2v) is 15.0. The fraction of sp³-hybridized carbons (Fsp3) is 0.552. The molecule has 5 N–H and O–H groups in total. The molecule has 5 aliphatic heterocycles. The molecule has 3 saturated heterocycles. The molecule has 0 radical (unpaired) electrons. The van der Waals surface area contributed by atoms with Gasteiger partial charge in [0.15, 0.2) is 5.66 Å². The van der Waals surface area contributed by atoms with Gasteiger partial charge in [-0.05, 0) is 25.3 Å². The predicted octanol–water partition coefficient (Wildman–Crippen LogP) is 0.988. The van der Waals surface area contributed by atoms with E-state index < -0.39 is 52.3 Å². The highest BCUT2D eigenvalue weighted by molar-refractivity contribution is 6.67. The second-order valence-electron chi connectivity index (χ2n) is 12.5. The number of aliphatic imine (C=N–C) groups is 1. The van der Waals surface area contributed by atoms with Crippen LogP contribution in [0.15, 0.2) is 35.6 Å². The van der Waals surface area contributed by atoms with Gasteiger partial charge < -0.3 is 35.4 Å². The Balaban J connectivity index is 1.19. The van der Waals surface area contributed by atoms with Crippen LogP contribution in [0.5, 0.6) is 5.75 Å². The van der Waals surface area contributed by atoms with Crippen LogP contribution in [0.25, 0.3) is 0 Å². The number of rotatable bonds is 5. The summed E-state index contributed by atoms with van der Waals surface area (Å²) >= 11 is 17.2. The SMILES string of the molecule is C=C1N[C@H]2[C@H](CN3C(=O)CCC3=O)N=C(NC(=O)OCC(Cl)(Cl)Cl)N3C[C@H](NC(=O)c4cccc5c4OCCC54CC4)[C@H](O)[C@]23N1. The fourth-order valence-electron chi connectivity index (χ4n) is 7.36. The molecule has 6 aliphatic rings. The summed E-state index contributed by atoms with van der Waals surface area (Å²) in [5.74, 6) is -0.298. The second kappa shape index (κ2) is 11.1. The lowest BCUT2D eigenvalue weighted by Crippen LogP contribution is -2.74. The third kappa shape index (κ3) is 5.19. The number of para-hydroxylation sites is 1. The molecule has 1 aromatic rings. The van der Waals surface area contributed by atoms with Crippen LogP contribution in [-0.2, 0) is 19.7 Å². The zero-order chi connectivity index (χ0) is 32.6. The van der Waals surface area contributed by atoms with Gasteiger partial charge in [-0.3, -0.25) is 24.6 Å². The Morgan fingerprint density at radius 1 is 1.20 bits per heavy atom. The Morgan fingerprint density at radius 3 is 2.63 bits per heavy atom. The summed E-state index contributed by atoms with van der Waals surface area (Å²) in [6, 6.07) is 3.04. The molecule has 17 heteroatoms. The van der Waals surface area contributed by atoms with Crippen molar-refractivity contribution in [2.45, 2.75) is 71.2 Å². The monoisotopic (exact) mass is 695 g/mol. The number of guanidine groups is 1. The lowest BCUT2D eigenvalue weighted by Gasteiger charge is -2.47. The predicted molar refractivity (Wildman–Crippen MR) is 165 cm³/mol. The van der Waals surface area contributed by atoms with Crippen molar-refractivity contribution in [3.8, 4) is 5.75 Å². The molecule has 246 valence electrons. The van der Waals surface area contributed by atoms with Crippen molar-refractivity contribution >= 4 is 64.6 Å². The number of carbonyl (C=O) groups is 4. The topological polar surface area (TPSA) is 174 Å². The number of fused-ring (bicyclic) bond motifs is 2. The van der Waals surface area contributed by atoms with E-state index in [4.69, 9.17) is 49.3 Å². The Labute approximate surface area is 278 Å². The van der Waals surface area contributed by atoms with Crippen molar-refractivity contribution in [1.29, 1.82) is 0 Å². The highest BCUT2D eigenvalue weighted by atomic mass is 35.6. The van der Waals surface area contributed by atoms with Crippen LogP contribution >= 0.6 is 34.8 Å². The molecular weight excluding hydrogens is 665 g/mol. The average Bonchev–Trinajstić information content (AvgIpc) is 3.46. The maximum Gasteiger partial charge on any atom is 0.414 e. The number of imide groups is 1. The quantitative estimate of drug-likeness (QED) is 0.221. The number of benzene rings is 1. The summed E-state index contributed by atoms with van der Waals surface area (Å²) in [5.41, 5.74) is 0.0181. The minimum atomic E-state index is -1.87. The molecule has 5 heterocycles. The molecule has 4 amide bonds. The smallest absolute Gasteiger partial charge is 0.414 e. The standard InChI is InChI=1S/C29H32Cl3N7O7/c1-14-33-22-17(11-38-19(40)5-6-20(38)41)35-25(36-26(44)46-13-28(30,31)32)39-12-18(23(42)29(22,39)37-14)34-24(43)15-3-2-4-16-21(15)45-10-9-27(16)7-8-27/h2-4,17-18,22-23,33,37,42H,1,5-13H2,(H,34,43)(H,35,36,44)/t17-,18-,22-,23-,29-/m0/s1. The molecule has 0 unspecified atom stereocenters. The van der Waals surface area contributed by atoms with Gasteiger partial charge in [0.05, 0.1) is 42.7 Å². The number of alkyl halides is 3. The van der Waals surface area contributed by atoms with Gasteiger partial charge in [0.2, 0.25) is 21.6 Å². The van der Waals surface area contributed by atoms with Crippen molar-refractivity contribution in [3.05, 3.63) is 41.7 Å². The Hall–Kier alpha value is -3.46. The van der Waals surface area contributed by atoms with E-state index in [2.05, 4.69) is 27.8 Å². The van der Waals surface area contributed by atoms with Crippen LogP contribution in [0.2, 0.25) is 0 Å². The number of amides is 4. The van der Waals surface area contributed by atoms with Crippen molar-refractivity contribution in [2.24, 2.45) is 4.99 Å². The van der Waals surface area contributed by atoms with Gasteiger partial charge in [-0.1, -0.05) is 53.5 Å². The van der Waals surface area contributed by atoms with Crippen molar-refractivity contribution < 1.29 is 33.8 Å². The maximum absolute atomic E-state index is 13.8. The van der Waals surface area contributed by atoms with Crippen LogP contribution in [0, 0.1) is 0 Å². The summed E-state index contributed by atoms with van der Waals surface area (Å²) in [7, 11) is 0. The number of alkyl carbamates (subject to hydrolysis) is 1. The van der Waals surface area contributed by atoms with Gasteiger partial charge in [0, 0.05) is 30.4 Å². The van der Waals surface area contributed by atoms with Gasteiger partial charge in [-0.25, -0.2) is 9.79 Å². The third-order valence-corrected chi connectivity index (χ3v) is 10.0. The van der Waals surface area contributed by atoms with E-state index in [0.29, 0.717) is 23.7 Å². The molecule has 5 atom stereocenters. The highest BCUT2D eigenvalue weighted by Crippen LogP contribution is 2.56. The van der Waals surface area contributed by atoms with Gasteiger partial charge in [0.25, 0.3) is 5.91 Å². The number of hydrogen-bond donors (Lipinski definition) is 5. The maximum atomic E-state index is 13.8. The number of aliphatic hydroxyl groups is 1. The lowest BCUT2D eigenvalue weighted by atomic mass is 9.87. The van der Waals surface area contributed by atoms with Crippen LogP contribution in [0.1, 0.15) is 48.0 Å². The Bertz CT molecular complexity index is 1550.